The number of hydrogen-bond acceptors (Lipinski definition) is 3. The minimum absolute atomic E-state index is 0.661. The van der Waals surface area contributed by atoms with Gasteiger partial charge in [0.05, 0.1) is 7.11 Å². The maximum absolute atomic E-state index is 12.7. The first kappa shape index (κ1) is 8.63. The van der Waals surface area contributed by atoms with Gasteiger partial charge in [-0.05, 0) is 0 Å². The van der Waals surface area contributed by atoms with Crippen molar-refractivity contribution in [2.45, 2.75) is 0 Å². The van der Waals surface area contributed by atoms with E-state index in [2.05, 4.69) is 9.72 Å². The predicted octanol–water partition coefficient (Wildman–Crippen LogP) is 1.09. The maximum atomic E-state index is 12.7. The zero-order valence-corrected chi connectivity index (χ0v) is 6.07. The van der Waals surface area contributed by atoms with Crippen molar-refractivity contribution in [1.82, 2.24) is 4.98 Å². The van der Waals surface area contributed by atoms with Gasteiger partial charge in [0.15, 0.2) is 0 Å². The Morgan fingerprint density at radius 3 is 2.33 bits per heavy atom. The van der Waals surface area contributed by atoms with E-state index in [4.69, 9.17) is 5.73 Å². The molecular formula is C6H5F3N2O. The molecule has 0 saturated heterocycles. The van der Waals surface area contributed by atoms with Crippen LogP contribution in [0.1, 0.15) is 0 Å². The van der Waals surface area contributed by atoms with Crippen molar-refractivity contribution in [3.05, 3.63) is 17.6 Å². The van der Waals surface area contributed by atoms with Crippen molar-refractivity contribution >= 4 is 5.69 Å². The van der Waals surface area contributed by atoms with Crippen LogP contribution in [0.3, 0.4) is 0 Å². The molecule has 0 aliphatic heterocycles. The van der Waals surface area contributed by atoms with Gasteiger partial charge in [0.25, 0.3) is 11.8 Å². The van der Waals surface area contributed by atoms with Gasteiger partial charge in [-0.2, -0.15) is 18.2 Å². The molecule has 1 rings (SSSR count). The average Bonchev–Trinajstić information content (AvgIpc) is 2.08. The van der Waals surface area contributed by atoms with Crippen molar-refractivity contribution in [3.8, 4) is 5.88 Å². The van der Waals surface area contributed by atoms with Crippen LogP contribution in [0.5, 0.6) is 5.88 Å². The van der Waals surface area contributed by atoms with Crippen LogP contribution in [0.15, 0.2) is 0 Å². The fourth-order valence-electron chi connectivity index (χ4n) is 0.645. The van der Waals surface area contributed by atoms with Crippen LogP contribution in [-0.2, 0) is 0 Å². The smallest absolute Gasteiger partial charge is 0.255 e. The molecule has 1 aromatic rings. The molecule has 0 bridgehead atoms. The van der Waals surface area contributed by atoms with E-state index < -0.39 is 29.1 Å². The quantitative estimate of drug-likeness (QED) is 0.655. The van der Waals surface area contributed by atoms with Gasteiger partial charge < -0.3 is 10.5 Å². The molecule has 0 radical (unpaired) electrons. The van der Waals surface area contributed by atoms with Crippen LogP contribution in [0.25, 0.3) is 0 Å². The number of anilines is 1. The zero-order valence-electron chi connectivity index (χ0n) is 6.07. The summed E-state index contributed by atoms with van der Waals surface area (Å²) < 4.78 is 41.9. The Balaban J connectivity index is 3.39. The van der Waals surface area contributed by atoms with Crippen molar-refractivity contribution in [2.75, 3.05) is 12.8 Å². The summed E-state index contributed by atoms with van der Waals surface area (Å²) in [4.78, 5) is 2.83. The highest BCUT2D eigenvalue weighted by Gasteiger charge is 2.18. The Kier molecular flexibility index (Phi) is 2.07. The molecule has 0 unspecified atom stereocenters. The summed E-state index contributed by atoms with van der Waals surface area (Å²) in [6.45, 7) is 0. The standard InChI is InChI=1S/C6H5F3N2O/c1-12-6-3(8)4(10)2(7)5(9)11-6/h1H3,(H2,10,11). The number of methoxy groups -OCH3 is 1. The van der Waals surface area contributed by atoms with Gasteiger partial charge >= 0.3 is 0 Å². The van der Waals surface area contributed by atoms with Crippen LogP contribution in [-0.4, -0.2) is 12.1 Å². The topological polar surface area (TPSA) is 48.1 Å². The minimum Gasteiger partial charge on any atom is -0.479 e. The van der Waals surface area contributed by atoms with Gasteiger partial charge in [-0.1, -0.05) is 0 Å². The summed E-state index contributed by atoms with van der Waals surface area (Å²) in [6, 6.07) is 0. The van der Waals surface area contributed by atoms with Crippen LogP contribution in [0, 0.1) is 17.6 Å². The first-order chi connectivity index (χ1) is 5.57. The molecule has 0 amide bonds. The third-order valence-electron chi connectivity index (χ3n) is 1.23. The Bertz CT molecular complexity index is 316. The van der Waals surface area contributed by atoms with Gasteiger partial charge in [0.2, 0.25) is 11.6 Å². The maximum Gasteiger partial charge on any atom is 0.255 e. The van der Waals surface area contributed by atoms with E-state index in [-0.39, 0.29) is 0 Å². The summed E-state index contributed by atoms with van der Waals surface area (Å²) in [5, 5.41) is 0. The largest absolute Gasteiger partial charge is 0.479 e. The first-order valence-electron chi connectivity index (χ1n) is 2.92. The molecule has 6 heteroatoms. The fraction of sp³-hybridized carbons (Fsp3) is 0.167. The van der Waals surface area contributed by atoms with E-state index in [1.165, 1.54) is 0 Å². The minimum atomic E-state index is -1.51. The lowest BCUT2D eigenvalue weighted by molar-refractivity contribution is 0.350. The van der Waals surface area contributed by atoms with Crippen molar-refractivity contribution in [2.24, 2.45) is 0 Å². The van der Waals surface area contributed by atoms with E-state index >= 15 is 0 Å². The van der Waals surface area contributed by atoms with Crippen LogP contribution in [0.4, 0.5) is 18.9 Å². The average molecular weight is 178 g/mol. The van der Waals surface area contributed by atoms with Crippen LogP contribution < -0.4 is 10.5 Å². The summed E-state index contributed by atoms with van der Waals surface area (Å²) in [6.07, 6.45) is 0. The van der Waals surface area contributed by atoms with E-state index in [1.807, 2.05) is 0 Å². The summed E-state index contributed by atoms with van der Waals surface area (Å²) >= 11 is 0. The molecule has 12 heavy (non-hydrogen) atoms. The van der Waals surface area contributed by atoms with Gasteiger partial charge in [0, 0.05) is 0 Å². The van der Waals surface area contributed by atoms with E-state index in [0.717, 1.165) is 7.11 Å². The van der Waals surface area contributed by atoms with E-state index in [9.17, 15) is 13.2 Å². The molecule has 0 saturated carbocycles. The number of pyridine rings is 1. The van der Waals surface area contributed by atoms with Gasteiger partial charge in [0.1, 0.15) is 5.69 Å². The third kappa shape index (κ3) is 1.15. The molecule has 2 N–H and O–H groups in total. The van der Waals surface area contributed by atoms with E-state index in [1.54, 1.807) is 0 Å². The molecule has 3 nitrogen and oxygen atoms in total. The molecule has 1 heterocycles. The molecule has 66 valence electrons. The Morgan fingerprint density at radius 2 is 1.83 bits per heavy atom. The highest BCUT2D eigenvalue weighted by atomic mass is 19.2. The zero-order chi connectivity index (χ0) is 9.30. The number of nitrogen functional groups attached to an aromatic ring is 1. The van der Waals surface area contributed by atoms with Crippen LogP contribution >= 0.6 is 0 Å². The lowest BCUT2D eigenvalue weighted by Gasteiger charge is -2.03. The molecule has 0 fully saturated rings. The Hall–Kier alpha value is -1.46. The molecular weight excluding hydrogens is 173 g/mol. The summed E-state index contributed by atoms with van der Waals surface area (Å²) in [7, 11) is 1.07. The summed E-state index contributed by atoms with van der Waals surface area (Å²) in [5.41, 5.74) is 3.92. The second-order valence-electron chi connectivity index (χ2n) is 1.95. The second-order valence-corrected chi connectivity index (χ2v) is 1.95. The lowest BCUT2D eigenvalue weighted by Crippen LogP contribution is -2.04. The normalized spacial score (nSPS) is 10.0. The highest BCUT2D eigenvalue weighted by molar-refractivity contribution is 5.44. The molecule has 0 aromatic carbocycles. The Morgan fingerprint density at radius 1 is 1.25 bits per heavy atom. The molecule has 1 aromatic heterocycles. The number of nitrogens with zero attached hydrogens (tertiary/aromatic N) is 1. The molecule has 0 aliphatic rings. The number of ether oxygens (including phenoxy) is 1. The van der Waals surface area contributed by atoms with Gasteiger partial charge in [-0.3, -0.25) is 0 Å². The van der Waals surface area contributed by atoms with E-state index in [0.29, 0.717) is 0 Å². The molecule has 0 aliphatic carbocycles. The number of halogens is 3. The van der Waals surface area contributed by atoms with Gasteiger partial charge in [-0.25, -0.2) is 0 Å². The number of aromatic nitrogens is 1. The number of nitrogens with two attached hydrogens (primary N) is 1. The first-order valence-corrected chi connectivity index (χ1v) is 2.92. The van der Waals surface area contributed by atoms with Crippen LogP contribution in [0.2, 0.25) is 0 Å². The van der Waals surface area contributed by atoms with Crippen molar-refractivity contribution in [3.63, 3.8) is 0 Å². The molecule has 0 atom stereocenters. The number of hydrogen-bond donors (Lipinski definition) is 1. The molecule has 0 spiro atoms. The SMILES string of the molecule is COc1nc(F)c(F)c(N)c1F. The monoisotopic (exact) mass is 178 g/mol. The third-order valence-corrected chi connectivity index (χ3v) is 1.23. The van der Waals surface area contributed by atoms with Crippen molar-refractivity contribution < 1.29 is 17.9 Å². The predicted molar refractivity (Wildman–Crippen MR) is 35.1 cm³/mol. The van der Waals surface area contributed by atoms with Gasteiger partial charge in [-0.15, -0.1) is 0 Å². The summed E-state index contributed by atoms with van der Waals surface area (Å²) in [5.74, 6) is -4.85. The highest BCUT2D eigenvalue weighted by Crippen LogP contribution is 2.23. The second kappa shape index (κ2) is 2.88. The van der Waals surface area contributed by atoms with Crippen molar-refractivity contribution in [1.29, 1.82) is 0 Å². The fourth-order valence-corrected chi connectivity index (χ4v) is 0.645. The Labute approximate surface area is 66.0 Å². The lowest BCUT2D eigenvalue weighted by atomic mass is 10.4. The number of rotatable bonds is 1.